The zero-order valence-corrected chi connectivity index (χ0v) is 13.9. The van der Waals surface area contributed by atoms with Gasteiger partial charge in [0.2, 0.25) is 9.84 Å². The lowest BCUT2D eigenvalue weighted by Gasteiger charge is -2.09. The van der Waals surface area contributed by atoms with Crippen LogP contribution < -0.4 is 5.56 Å². The molecule has 0 radical (unpaired) electrons. The van der Waals surface area contributed by atoms with E-state index in [0.717, 1.165) is 6.07 Å². The lowest BCUT2D eigenvalue weighted by molar-refractivity contribution is 0.0697. The second-order valence-electron chi connectivity index (χ2n) is 5.15. The molecule has 3 rings (SSSR count). The van der Waals surface area contributed by atoms with Crippen LogP contribution in [0.3, 0.4) is 0 Å². The third-order valence-corrected chi connectivity index (χ3v) is 5.64. The van der Waals surface area contributed by atoms with Gasteiger partial charge in [0.1, 0.15) is 5.75 Å². The molecule has 0 atom stereocenters. The van der Waals surface area contributed by atoms with Gasteiger partial charge in [-0.25, -0.2) is 13.2 Å². The molecular weight excluding hydrogens is 370 g/mol. The number of aromatic carboxylic acids is 1. The van der Waals surface area contributed by atoms with Gasteiger partial charge in [-0.05, 0) is 42.5 Å². The smallest absolute Gasteiger partial charge is 0.335 e. The summed E-state index contributed by atoms with van der Waals surface area (Å²) in [5.41, 5.74) is -1.16. The number of nitrogens with one attached hydrogen (secondary N) is 1. The number of H-pyrrole nitrogens is 1. The van der Waals surface area contributed by atoms with Crippen LogP contribution in [-0.2, 0) is 9.84 Å². The van der Waals surface area contributed by atoms with Crippen molar-refractivity contribution in [1.82, 2.24) is 4.98 Å². The van der Waals surface area contributed by atoms with E-state index in [-0.39, 0.29) is 21.4 Å². The zero-order valence-electron chi connectivity index (χ0n) is 12.4. The Balaban J connectivity index is 2.30. The minimum Gasteiger partial charge on any atom is -0.506 e. The number of fused-ring (bicyclic) bond motifs is 1. The quantitative estimate of drug-likeness (QED) is 0.641. The fourth-order valence-corrected chi connectivity index (χ4v) is 3.89. The molecule has 3 N–H and O–H groups in total. The predicted molar refractivity (Wildman–Crippen MR) is 90.1 cm³/mol. The maximum Gasteiger partial charge on any atom is 0.335 e. The Kier molecular flexibility index (Phi) is 4.02. The predicted octanol–water partition coefficient (Wildman–Crippen LogP) is 2.42. The van der Waals surface area contributed by atoms with Crippen LogP contribution in [0.1, 0.15) is 10.4 Å². The van der Waals surface area contributed by atoms with Crippen LogP contribution >= 0.6 is 11.6 Å². The van der Waals surface area contributed by atoms with Gasteiger partial charge in [0, 0.05) is 10.4 Å². The molecule has 25 heavy (non-hydrogen) atoms. The number of aromatic nitrogens is 1. The highest BCUT2D eigenvalue weighted by Gasteiger charge is 2.27. The Bertz CT molecular complexity index is 1170. The van der Waals surface area contributed by atoms with Gasteiger partial charge in [-0.1, -0.05) is 11.6 Å². The largest absolute Gasteiger partial charge is 0.506 e. The summed E-state index contributed by atoms with van der Waals surface area (Å²) in [5, 5.41) is 19.6. The standard InChI is InChI=1S/C16H10ClNO6S/c17-9-2-4-10(5-3-9)25(23,24)14-13(19)11-6-1-8(16(21)22)7-12(11)18-15(14)20/h1-7H,(H,21,22)(H2,18,19,20). The van der Waals surface area contributed by atoms with E-state index < -0.39 is 32.0 Å². The van der Waals surface area contributed by atoms with Gasteiger partial charge in [0.15, 0.2) is 4.90 Å². The molecular formula is C16H10ClNO6S. The van der Waals surface area contributed by atoms with E-state index >= 15 is 0 Å². The number of hydrogen-bond donors (Lipinski definition) is 3. The summed E-state index contributed by atoms with van der Waals surface area (Å²) in [4.78, 5) is 24.5. The van der Waals surface area contributed by atoms with Crippen LogP contribution in [-0.4, -0.2) is 29.6 Å². The van der Waals surface area contributed by atoms with E-state index in [1.165, 1.54) is 36.4 Å². The summed E-state index contributed by atoms with van der Waals surface area (Å²) in [6, 6.07) is 8.69. The van der Waals surface area contributed by atoms with E-state index in [1.54, 1.807) is 0 Å². The van der Waals surface area contributed by atoms with Crippen LogP contribution in [0.15, 0.2) is 57.1 Å². The second kappa shape index (κ2) is 5.91. The number of carbonyl (C=O) groups is 1. The molecule has 9 heteroatoms. The van der Waals surface area contributed by atoms with Crippen LogP contribution in [0.5, 0.6) is 5.75 Å². The van der Waals surface area contributed by atoms with Crippen LogP contribution in [0.4, 0.5) is 0 Å². The van der Waals surface area contributed by atoms with Crippen LogP contribution in [0.2, 0.25) is 5.02 Å². The lowest BCUT2D eigenvalue weighted by Crippen LogP contribution is -2.18. The highest BCUT2D eigenvalue weighted by atomic mass is 35.5. The van der Waals surface area contributed by atoms with Crippen molar-refractivity contribution in [3.8, 4) is 5.75 Å². The molecule has 0 aliphatic rings. The van der Waals surface area contributed by atoms with Crippen molar-refractivity contribution >= 4 is 38.3 Å². The summed E-state index contributed by atoms with van der Waals surface area (Å²) in [6.45, 7) is 0. The average molecular weight is 380 g/mol. The van der Waals surface area contributed by atoms with E-state index in [4.69, 9.17) is 16.7 Å². The monoisotopic (exact) mass is 379 g/mol. The number of carboxylic acids is 1. The number of sulfone groups is 1. The average Bonchev–Trinajstić information content (AvgIpc) is 2.54. The molecule has 0 amide bonds. The maximum atomic E-state index is 12.7. The van der Waals surface area contributed by atoms with Crippen molar-refractivity contribution in [1.29, 1.82) is 0 Å². The molecule has 2 aromatic carbocycles. The maximum absolute atomic E-state index is 12.7. The Morgan fingerprint density at radius 1 is 1.08 bits per heavy atom. The lowest BCUT2D eigenvalue weighted by atomic mass is 10.1. The normalized spacial score (nSPS) is 11.6. The summed E-state index contributed by atoms with van der Waals surface area (Å²) in [6.07, 6.45) is 0. The van der Waals surface area contributed by atoms with Gasteiger partial charge < -0.3 is 15.2 Å². The number of hydrogen-bond acceptors (Lipinski definition) is 5. The second-order valence-corrected chi connectivity index (χ2v) is 7.48. The third kappa shape index (κ3) is 2.86. The van der Waals surface area contributed by atoms with Crippen molar-refractivity contribution in [2.24, 2.45) is 0 Å². The summed E-state index contributed by atoms with van der Waals surface area (Å²) in [5.74, 6) is -1.97. The topological polar surface area (TPSA) is 125 Å². The third-order valence-electron chi connectivity index (χ3n) is 3.58. The summed E-state index contributed by atoms with van der Waals surface area (Å²) >= 11 is 5.73. The first-order chi connectivity index (χ1) is 11.7. The number of halogens is 1. The molecule has 0 saturated heterocycles. The number of aromatic hydroxyl groups is 1. The van der Waals surface area contributed by atoms with Crippen molar-refractivity contribution in [2.45, 2.75) is 9.79 Å². The molecule has 1 aromatic heterocycles. The van der Waals surface area contributed by atoms with Crippen molar-refractivity contribution < 1.29 is 23.4 Å². The van der Waals surface area contributed by atoms with Gasteiger partial charge in [-0.3, -0.25) is 4.79 Å². The van der Waals surface area contributed by atoms with Gasteiger partial charge in [0.05, 0.1) is 16.0 Å². The molecule has 7 nitrogen and oxygen atoms in total. The molecule has 3 aromatic rings. The SMILES string of the molecule is O=C(O)c1ccc2c(O)c(S(=O)(=O)c3ccc(Cl)cc3)c(=O)[nH]c2c1. The zero-order chi connectivity index (χ0) is 18.4. The Labute approximate surface area is 146 Å². The molecule has 1 heterocycles. The fourth-order valence-electron chi connectivity index (χ4n) is 2.38. The van der Waals surface area contributed by atoms with Crippen molar-refractivity contribution in [2.75, 3.05) is 0 Å². The summed E-state index contributed by atoms with van der Waals surface area (Å²) < 4.78 is 25.4. The highest BCUT2D eigenvalue weighted by molar-refractivity contribution is 7.91. The van der Waals surface area contributed by atoms with E-state index in [9.17, 15) is 23.1 Å². The molecule has 0 aliphatic heterocycles. The fraction of sp³-hybridized carbons (Fsp3) is 0. The minimum atomic E-state index is -4.30. The van der Waals surface area contributed by atoms with Crippen molar-refractivity contribution in [3.05, 3.63) is 63.4 Å². The first-order valence-electron chi connectivity index (χ1n) is 6.85. The molecule has 0 aliphatic carbocycles. The van der Waals surface area contributed by atoms with Gasteiger partial charge in [-0.2, -0.15) is 0 Å². The molecule has 0 fully saturated rings. The molecule has 128 valence electrons. The van der Waals surface area contributed by atoms with E-state index in [1.807, 2.05) is 0 Å². The number of carboxylic acid groups (broad SMARTS) is 1. The molecule has 0 unspecified atom stereocenters. The van der Waals surface area contributed by atoms with Gasteiger partial charge >= 0.3 is 5.97 Å². The molecule has 0 saturated carbocycles. The van der Waals surface area contributed by atoms with Crippen LogP contribution in [0, 0.1) is 0 Å². The first kappa shape index (κ1) is 17.0. The highest BCUT2D eigenvalue weighted by Crippen LogP contribution is 2.32. The number of benzene rings is 2. The first-order valence-corrected chi connectivity index (χ1v) is 8.71. The summed E-state index contributed by atoms with van der Waals surface area (Å²) in [7, 11) is -4.30. The van der Waals surface area contributed by atoms with E-state index in [0.29, 0.717) is 5.02 Å². The molecule has 0 spiro atoms. The van der Waals surface area contributed by atoms with Gasteiger partial charge in [-0.15, -0.1) is 0 Å². The Morgan fingerprint density at radius 3 is 2.32 bits per heavy atom. The Hall–Kier alpha value is -2.84. The number of aromatic amines is 1. The Morgan fingerprint density at radius 2 is 1.72 bits per heavy atom. The van der Waals surface area contributed by atoms with Crippen LogP contribution in [0.25, 0.3) is 10.9 Å². The van der Waals surface area contributed by atoms with Gasteiger partial charge in [0.25, 0.3) is 5.56 Å². The number of pyridine rings is 1. The number of rotatable bonds is 3. The van der Waals surface area contributed by atoms with E-state index in [2.05, 4.69) is 4.98 Å². The minimum absolute atomic E-state index is 0.0112. The van der Waals surface area contributed by atoms with Crippen molar-refractivity contribution in [3.63, 3.8) is 0 Å². The molecule has 0 bridgehead atoms.